The van der Waals surface area contributed by atoms with Crippen molar-refractivity contribution in [3.8, 4) is 6.07 Å². The third-order valence-corrected chi connectivity index (χ3v) is 9.01. The molecule has 0 fully saturated rings. The maximum atomic E-state index is 13.2. The Morgan fingerprint density at radius 2 is 1.90 bits per heavy atom. The lowest BCUT2D eigenvalue weighted by atomic mass is 9.86. The maximum absolute atomic E-state index is 13.2. The summed E-state index contributed by atoms with van der Waals surface area (Å²) in [5.74, 6) is -0.371. The predicted octanol–water partition coefficient (Wildman–Crippen LogP) is 4.74. The van der Waals surface area contributed by atoms with Crippen LogP contribution in [0.5, 0.6) is 0 Å². The Hall–Kier alpha value is -3.95. The highest BCUT2D eigenvalue weighted by molar-refractivity contribution is 7.91. The van der Waals surface area contributed by atoms with Gasteiger partial charge in [-0.3, -0.25) is 4.79 Å². The van der Waals surface area contributed by atoms with Crippen molar-refractivity contribution in [2.75, 3.05) is 23.8 Å². The Morgan fingerprint density at radius 3 is 2.49 bits per heavy atom. The van der Waals surface area contributed by atoms with Gasteiger partial charge in [0, 0.05) is 30.8 Å². The van der Waals surface area contributed by atoms with Crippen LogP contribution in [-0.4, -0.2) is 43.3 Å². The Balaban J connectivity index is 1.59. The number of rotatable bonds is 8. The lowest BCUT2D eigenvalue weighted by molar-refractivity contribution is -0.137. The van der Waals surface area contributed by atoms with Crippen molar-refractivity contribution >= 4 is 21.6 Å². The Bertz CT molecular complexity index is 1590. The van der Waals surface area contributed by atoms with Crippen molar-refractivity contribution < 1.29 is 31.5 Å². The number of aliphatic hydroxyl groups is 1. The number of carbonyl (C=O) groups excluding carboxylic acids is 1. The summed E-state index contributed by atoms with van der Waals surface area (Å²) in [6.07, 6.45) is -3.19. The van der Waals surface area contributed by atoms with Gasteiger partial charge in [-0.25, -0.2) is 13.4 Å². The van der Waals surface area contributed by atoms with Gasteiger partial charge in [-0.15, -0.1) is 0 Å². The molecule has 1 aliphatic heterocycles. The van der Waals surface area contributed by atoms with Crippen molar-refractivity contribution in [2.24, 2.45) is 0 Å². The molecule has 1 aromatic heterocycles. The minimum atomic E-state index is -4.62. The first-order valence-electron chi connectivity index (χ1n) is 13.0. The Labute approximate surface area is 236 Å². The summed E-state index contributed by atoms with van der Waals surface area (Å²) in [5.41, 5.74) is 1.43. The van der Waals surface area contributed by atoms with E-state index >= 15 is 0 Å². The number of sulfone groups is 1. The van der Waals surface area contributed by atoms with E-state index in [1.165, 1.54) is 12.1 Å². The van der Waals surface area contributed by atoms with Crippen molar-refractivity contribution in [3.63, 3.8) is 0 Å². The number of anilines is 1. The summed E-state index contributed by atoms with van der Waals surface area (Å²) < 4.78 is 63.7. The summed E-state index contributed by atoms with van der Waals surface area (Å²) in [5, 5.41) is 22.3. The molecule has 0 saturated carbocycles. The quantitative estimate of drug-likeness (QED) is 0.391. The van der Waals surface area contributed by atoms with Gasteiger partial charge in [0.1, 0.15) is 11.9 Å². The number of hydrogen-bond acceptors (Lipinski definition) is 7. The molecule has 2 N–H and O–H groups in total. The number of hydrogen-bond donors (Lipinski definition) is 2. The Kier molecular flexibility index (Phi) is 8.70. The van der Waals surface area contributed by atoms with Crippen LogP contribution in [0.25, 0.3) is 0 Å². The number of benzene rings is 2. The number of alkyl halides is 3. The molecule has 1 aliphatic rings. The van der Waals surface area contributed by atoms with Gasteiger partial charge in [0.25, 0.3) is 5.91 Å². The van der Waals surface area contributed by atoms with Gasteiger partial charge < -0.3 is 15.3 Å². The van der Waals surface area contributed by atoms with E-state index in [0.29, 0.717) is 24.1 Å². The van der Waals surface area contributed by atoms with Gasteiger partial charge in [0.2, 0.25) is 0 Å². The number of nitriles is 1. The molecule has 0 saturated heterocycles. The molecule has 8 nitrogen and oxygen atoms in total. The van der Waals surface area contributed by atoms with Crippen molar-refractivity contribution in [2.45, 2.75) is 49.8 Å². The minimum absolute atomic E-state index is 0.00500. The molecule has 41 heavy (non-hydrogen) atoms. The van der Waals surface area contributed by atoms with Crippen LogP contribution in [0, 0.1) is 11.3 Å². The molecule has 3 aromatic rings. The van der Waals surface area contributed by atoms with Crippen LogP contribution in [-0.2, 0) is 22.6 Å². The highest BCUT2D eigenvalue weighted by Crippen LogP contribution is 2.36. The molecule has 216 valence electrons. The van der Waals surface area contributed by atoms with Crippen LogP contribution in [0.3, 0.4) is 0 Å². The third-order valence-electron chi connectivity index (χ3n) is 7.26. The van der Waals surface area contributed by atoms with E-state index in [1.807, 2.05) is 19.1 Å². The van der Waals surface area contributed by atoms with Crippen LogP contribution >= 0.6 is 0 Å². The molecule has 2 heterocycles. The fourth-order valence-corrected chi connectivity index (χ4v) is 5.81. The SMILES string of the molecule is CC[C@H]1CN(c2ncc(C(F)(F)F)cc2C#N)Cc2cc(C(=O)NC(CO)c3ccc(S(=O)(=O)CC)cc3)ccc21. The molecule has 1 amide bonds. The molecule has 0 bridgehead atoms. The molecular formula is C29H29F3N4O4S. The van der Waals surface area contributed by atoms with Gasteiger partial charge in [-0.1, -0.05) is 32.0 Å². The van der Waals surface area contributed by atoms with Crippen molar-refractivity contribution in [3.05, 3.63) is 88.1 Å². The second kappa shape index (κ2) is 11.9. The number of aliphatic hydroxyl groups excluding tert-OH is 1. The smallest absolute Gasteiger partial charge is 0.394 e. The van der Waals surface area contributed by atoms with Crippen LogP contribution in [0.2, 0.25) is 0 Å². The summed E-state index contributed by atoms with van der Waals surface area (Å²) in [7, 11) is -3.39. The summed E-state index contributed by atoms with van der Waals surface area (Å²) in [4.78, 5) is 19.1. The largest absolute Gasteiger partial charge is 0.417 e. The molecule has 0 aliphatic carbocycles. The molecule has 2 aromatic carbocycles. The lowest BCUT2D eigenvalue weighted by Gasteiger charge is -2.36. The predicted molar refractivity (Wildman–Crippen MR) is 146 cm³/mol. The topological polar surface area (TPSA) is 123 Å². The third kappa shape index (κ3) is 6.36. The van der Waals surface area contributed by atoms with Crippen molar-refractivity contribution in [1.82, 2.24) is 10.3 Å². The first-order valence-corrected chi connectivity index (χ1v) is 14.7. The van der Waals surface area contributed by atoms with Crippen molar-refractivity contribution in [1.29, 1.82) is 5.26 Å². The number of halogens is 3. The van der Waals surface area contributed by atoms with Gasteiger partial charge in [-0.05, 0) is 53.4 Å². The zero-order chi connectivity index (χ0) is 29.9. The second-order valence-corrected chi connectivity index (χ2v) is 12.1. The van der Waals surface area contributed by atoms with E-state index in [0.717, 1.165) is 23.4 Å². The zero-order valence-electron chi connectivity index (χ0n) is 22.4. The molecule has 0 radical (unpaired) electrons. The van der Waals surface area contributed by atoms with Gasteiger partial charge >= 0.3 is 6.18 Å². The molecule has 4 rings (SSSR count). The zero-order valence-corrected chi connectivity index (χ0v) is 23.3. The highest BCUT2D eigenvalue weighted by atomic mass is 32.2. The fraction of sp³-hybridized carbons (Fsp3) is 0.345. The molecule has 12 heteroatoms. The monoisotopic (exact) mass is 586 g/mol. The first-order chi connectivity index (χ1) is 19.4. The Morgan fingerprint density at radius 1 is 1.20 bits per heavy atom. The normalized spacial score (nSPS) is 16.0. The number of nitrogens with one attached hydrogen (secondary N) is 1. The average Bonchev–Trinajstić information content (AvgIpc) is 2.98. The number of fused-ring (bicyclic) bond motifs is 1. The molecule has 0 spiro atoms. The van der Waals surface area contributed by atoms with E-state index < -0.39 is 40.1 Å². The fourth-order valence-electron chi connectivity index (χ4n) is 4.92. The van der Waals surface area contributed by atoms with Gasteiger partial charge in [0.15, 0.2) is 9.84 Å². The van der Waals surface area contributed by atoms with Crippen LogP contribution < -0.4 is 10.2 Å². The summed E-state index contributed by atoms with van der Waals surface area (Å²) in [6.45, 7) is 3.78. The van der Waals surface area contributed by atoms with E-state index in [2.05, 4.69) is 10.3 Å². The highest BCUT2D eigenvalue weighted by Gasteiger charge is 2.33. The number of amides is 1. The maximum Gasteiger partial charge on any atom is 0.417 e. The van der Waals surface area contributed by atoms with Gasteiger partial charge in [-0.2, -0.15) is 18.4 Å². The van der Waals surface area contributed by atoms with E-state index in [1.54, 1.807) is 36.1 Å². The van der Waals surface area contributed by atoms with Crippen LogP contribution in [0.15, 0.2) is 59.6 Å². The average molecular weight is 587 g/mol. The lowest BCUT2D eigenvalue weighted by Crippen LogP contribution is -2.35. The second-order valence-electron chi connectivity index (χ2n) is 9.79. The first kappa shape index (κ1) is 30.0. The van der Waals surface area contributed by atoms with Crippen LogP contribution in [0.4, 0.5) is 19.0 Å². The summed E-state index contributed by atoms with van der Waals surface area (Å²) in [6, 6.07) is 13.0. The number of pyridine rings is 1. The van der Waals surface area contributed by atoms with E-state index in [-0.39, 0.29) is 34.5 Å². The van der Waals surface area contributed by atoms with E-state index in [9.17, 15) is 36.8 Å². The van der Waals surface area contributed by atoms with Gasteiger partial charge in [0.05, 0.1) is 34.4 Å². The van der Waals surface area contributed by atoms with Crippen LogP contribution in [0.1, 0.15) is 70.4 Å². The minimum Gasteiger partial charge on any atom is -0.394 e. The standard InChI is InChI=1S/C29H29F3N4O4S/c1-3-18-15-36(27-21(13-33)12-23(14-34-27)29(30,31)32)16-22-11-20(7-10-25(18)22)28(38)35-26(17-37)19-5-8-24(9-6-19)41(39,40)4-2/h5-12,14,18,26,37H,3-4,15-17H2,1-2H3,(H,35,38)/t18-,26?/m0/s1. The molecule has 1 unspecified atom stereocenters. The van der Waals surface area contributed by atoms with E-state index in [4.69, 9.17) is 0 Å². The number of aromatic nitrogens is 1. The summed E-state index contributed by atoms with van der Waals surface area (Å²) >= 11 is 0. The molecule has 2 atom stereocenters. The number of nitrogens with zero attached hydrogens (tertiary/aromatic N) is 3. The molecular weight excluding hydrogens is 557 g/mol. The number of carbonyl (C=O) groups is 1.